The summed E-state index contributed by atoms with van der Waals surface area (Å²) < 4.78 is 28.3. The highest BCUT2D eigenvalue weighted by atomic mass is 35.5. The van der Waals surface area contributed by atoms with Crippen molar-refractivity contribution in [3.05, 3.63) is 34.3 Å². The Bertz CT molecular complexity index is 468. The molecule has 0 unspecified atom stereocenters. The van der Waals surface area contributed by atoms with E-state index in [-0.39, 0.29) is 12.4 Å². The van der Waals surface area contributed by atoms with E-state index < -0.39 is 18.6 Å². The van der Waals surface area contributed by atoms with Gasteiger partial charge in [-0.2, -0.15) is 0 Å². The summed E-state index contributed by atoms with van der Waals surface area (Å²) in [5.41, 5.74) is 1.26. The number of piperazine rings is 1. The normalized spacial score (nSPS) is 18.1. The third-order valence-electron chi connectivity index (χ3n) is 3.63. The molecule has 2 N–H and O–H groups in total. The Morgan fingerprint density at radius 2 is 2.00 bits per heavy atom. The van der Waals surface area contributed by atoms with E-state index in [0.717, 1.165) is 5.56 Å². The van der Waals surface area contributed by atoms with Crippen molar-refractivity contribution in [2.45, 2.75) is 18.9 Å². The molecule has 0 radical (unpaired) electrons. The Morgan fingerprint density at radius 3 is 2.52 bits per heavy atom. The number of rotatable bonds is 4. The molecule has 1 atom stereocenters. The maximum Gasteiger partial charge on any atom is 0.289 e. The van der Waals surface area contributed by atoms with Gasteiger partial charge in [0.15, 0.2) is 0 Å². The lowest BCUT2D eigenvalue weighted by Gasteiger charge is -2.38. The van der Waals surface area contributed by atoms with E-state index >= 15 is 0 Å². The summed E-state index contributed by atoms with van der Waals surface area (Å²) in [4.78, 5) is 1.72. The van der Waals surface area contributed by atoms with Gasteiger partial charge in [0.25, 0.3) is 5.92 Å². The van der Waals surface area contributed by atoms with Crippen LogP contribution in [-0.2, 0) is 0 Å². The van der Waals surface area contributed by atoms with Crippen LogP contribution in [0.25, 0.3) is 0 Å². The number of alkyl halides is 2. The Balaban J connectivity index is 0.00000220. The van der Waals surface area contributed by atoms with E-state index in [9.17, 15) is 8.78 Å². The highest BCUT2D eigenvalue weighted by Gasteiger charge is 2.44. The molecule has 0 spiro atoms. The minimum absolute atomic E-state index is 0. The van der Waals surface area contributed by atoms with Gasteiger partial charge in [0, 0.05) is 31.2 Å². The van der Waals surface area contributed by atoms with Crippen molar-refractivity contribution in [2.75, 3.05) is 32.8 Å². The second kappa shape index (κ2) is 7.70. The van der Waals surface area contributed by atoms with Crippen LogP contribution in [0.3, 0.4) is 0 Å². The summed E-state index contributed by atoms with van der Waals surface area (Å²) in [5.74, 6) is -3.18. The zero-order chi connectivity index (χ0) is 14.8. The molecule has 1 heterocycles. The average Bonchev–Trinajstić information content (AvgIpc) is 2.44. The zero-order valence-electron chi connectivity index (χ0n) is 11.8. The number of nitrogens with one attached hydrogen (secondary N) is 1. The molecule has 0 aliphatic carbocycles. The van der Waals surface area contributed by atoms with Crippen LogP contribution < -0.4 is 5.32 Å². The Kier molecular flexibility index (Phi) is 6.81. The molecule has 0 bridgehead atoms. The lowest BCUT2D eigenvalue weighted by molar-refractivity contribution is -0.118. The van der Waals surface area contributed by atoms with Crippen LogP contribution >= 0.6 is 24.0 Å². The van der Waals surface area contributed by atoms with Gasteiger partial charge in [-0.15, -0.1) is 12.4 Å². The Labute approximate surface area is 134 Å². The molecule has 21 heavy (non-hydrogen) atoms. The molecule has 1 aliphatic heterocycles. The van der Waals surface area contributed by atoms with Gasteiger partial charge in [0.1, 0.15) is 12.6 Å². The zero-order valence-corrected chi connectivity index (χ0v) is 13.4. The summed E-state index contributed by atoms with van der Waals surface area (Å²) >= 11 is 5.96. The highest BCUT2D eigenvalue weighted by Crippen LogP contribution is 2.37. The van der Waals surface area contributed by atoms with E-state index in [4.69, 9.17) is 16.7 Å². The van der Waals surface area contributed by atoms with Crippen LogP contribution in [0.4, 0.5) is 8.78 Å². The molecular weight excluding hydrogens is 321 g/mol. The van der Waals surface area contributed by atoms with Gasteiger partial charge in [0.05, 0.1) is 0 Å². The minimum Gasteiger partial charge on any atom is -0.390 e. The molecule has 1 aromatic rings. The number of benzene rings is 1. The van der Waals surface area contributed by atoms with Crippen molar-refractivity contribution in [1.82, 2.24) is 10.2 Å². The van der Waals surface area contributed by atoms with Gasteiger partial charge in [-0.05, 0) is 24.1 Å². The second-order valence-corrected chi connectivity index (χ2v) is 5.52. The maximum absolute atomic E-state index is 14.2. The first-order valence-electron chi connectivity index (χ1n) is 6.65. The molecule has 2 rings (SSSR count). The molecule has 7 heteroatoms. The predicted molar refractivity (Wildman–Crippen MR) is 82.7 cm³/mol. The van der Waals surface area contributed by atoms with Crippen LogP contribution in [0.1, 0.15) is 17.2 Å². The first-order valence-corrected chi connectivity index (χ1v) is 7.03. The van der Waals surface area contributed by atoms with Crippen molar-refractivity contribution < 1.29 is 13.9 Å². The van der Waals surface area contributed by atoms with Crippen LogP contribution in [0.15, 0.2) is 18.2 Å². The topological polar surface area (TPSA) is 35.5 Å². The van der Waals surface area contributed by atoms with Crippen LogP contribution in [0.2, 0.25) is 5.02 Å². The number of halogens is 4. The SMILES string of the molecule is Cc1cc([C@H](N2CCNCC2)C(F)(F)CO)ccc1Cl.Cl. The summed E-state index contributed by atoms with van der Waals surface area (Å²) in [6, 6.07) is 3.81. The molecular formula is C14H20Cl2F2N2O. The molecule has 3 nitrogen and oxygen atoms in total. The van der Waals surface area contributed by atoms with Crippen molar-refractivity contribution in [3.8, 4) is 0 Å². The number of aliphatic hydroxyl groups is 1. The van der Waals surface area contributed by atoms with E-state index in [2.05, 4.69) is 5.32 Å². The summed E-state index contributed by atoms with van der Waals surface area (Å²) in [6.07, 6.45) is 0. The van der Waals surface area contributed by atoms with Gasteiger partial charge >= 0.3 is 0 Å². The summed E-state index contributed by atoms with van der Waals surface area (Å²) in [7, 11) is 0. The van der Waals surface area contributed by atoms with Crippen molar-refractivity contribution >= 4 is 24.0 Å². The standard InChI is InChI=1S/C14H19ClF2N2O.ClH/c1-10-8-11(2-3-12(10)15)13(14(16,17)9-20)19-6-4-18-5-7-19;/h2-3,8,13,18,20H,4-7,9H2,1H3;1H/t13-;/m0./s1. The van der Waals surface area contributed by atoms with Crippen molar-refractivity contribution in [1.29, 1.82) is 0 Å². The molecule has 1 saturated heterocycles. The van der Waals surface area contributed by atoms with Gasteiger partial charge in [-0.25, -0.2) is 8.78 Å². The third-order valence-corrected chi connectivity index (χ3v) is 4.05. The fraction of sp³-hybridized carbons (Fsp3) is 0.571. The van der Waals surface area contributed by atoms with E-state index in [1.54, 1.807) is 30.0 Å². The lowest BCUT2D eigenvalue weighted by atomic mass is 9.97. The van der Waals surface area contributed by atoms with Crippen LogP contribution in [0, 0.1) is 6.92 Å². The lowest BCUT2D eigenvalue weighted by Crippen LogP contribution is -2.51. The minimum atomic E-state index is -3.18. The molecule has 1 fully saturated rings. The molecule has 0 saturated carbocycles. The highest BCUT2D eigenvalue weighted by molar-refractivity contribution is 6.31. The van der Waals surface area contributed by atoms with Gasteiger partial charge in [-0.1, -0.05) is 23.7 Å². The number of aliphatic hydroxyl groups excluding tert-OH is 1. The largest absolute Gasteiger partial charge is 0.390 e. The van der Waals surface area contributed by atoms with Crippen LogP contribution in [0.5, 0.6) is 0 Å². The van der Waals surface area contributed by atoms with E-state index in [1.807, 2.05) is 0 Å². The molecule has 120 valence electrons. The number of hydrogen-bond donors (Lipinski definition) is 2. The summed E-state index contributed by atoms with van der Waals surface area (Å²) in [6.45, 7) is 3.03. The van der Waals surface area contributed by atoms with E-state index in [0.29, 0.717) is 36.8 Å². The Morgan fingerprint density at radius 1 is 1.38 bits per heavy atom. The van der Waals surface area contributed by atoms with Gasteiger partial charge in [-0.3, -0.25) is 4.90 Å². The van der Waals surface area contributed by atoms with Gasteiger partial charge < -0.3 is 10.4 Å². The van der Waals surface area contributed by atoms with Crippen LogP contribution in [-0.4, -0.2) is 48.7 Å². The predicted octanol–water partition coefficient (Wildman–Crippen LogP) is 2.64. The van der Waals surface area contributed by atoms with Crippen molar-refractivity contribution in [2.24, 2.45) is 0 Å². The van der Waals surface area contributed by atoms with Gasteiger partial charge in [0.2, 0.25) is 0 Å². The number of nitrogens with zero attached hydrogens (tertiary/aromatic N) is 1. The Hall–Kier alpha value is -0.460. The quantitative estimate of drug-likeness (QED) is 0.884. The first-order chi connectivity index (χ1) is 9.45. The number of hydrogen-bond acceptors (Lipinski definition) is 3. The smallest absolute Gasteiger partial charge is 0.289 e. The maximum atomic E-state index is 14.2. The molecule has 1 aliphatic rings. The second-order valence-electron chi connectivity index (χ2n) is 5.12. The fourth-order valence-electron chi connectivity index (χ4n) is 2.59. The molecule has 0 aromatic heterocycles. The molecule has 1 aromatic carbocycles. The first kappa shape index (κ1) is 18.6. The van der Waals surface area contributed by atoms with E-state index in [1.165, 1.54) is 0 Å². The fourth-order valence-corrected chi connectivity index (χ4v) is 2.70. The summed E-state index contributed by atoms with van der Waals surface area (Å²) in [5, 5.41) is 12.8. The monoisotopic (exact) mass is 340 g/mol. The average molecular weight is 341 g/mol. The number of aryl methyl sites for hydroxylation is 1. The van der Waals surface area contributed by atoms with Crippen molar-refractivity contribution in [3.63, 3.8) is 0 Å². The molecule has 0 amide bonds. The third kappa shape index (κ3) is 4.27.